The number of phenolic OH excluding ortho intramolecular Hbond substituents is 1. The van der Waals surface area contributed by atoms with Crippen molar-refractivity contribution in [2.45, 2.75) is 66.9 Å². The van der Waals surface area contributed by atoms with E-state index < -0.39 is 51.4 Å². The lowest BCUT2D eigenvalue weighted by molar-refractivity contribution is -0.183. The van der Waals surface area contributed by atoms with Crippen molar-refractivity contribution in [2.75, 3.05) is 0 Å². The minimum Gasteiger partial charge on any atom is -0.507 e. The molecule has 0 amide bonds. The topological polar surface area (TPSA) is 109 Å². The fourth-order valence-corrected chi connectivity index (χ4v) is 8.54. The van der Waals surface area contributed by atoms with E-state index in [9.17, 15) is 29.4 Å². The van der Waals surface area contributed by atoms with Gasteiger partial charge in [-0.25, -0.2) is 0 Å². The number of carbonyl (C=O) groups excluding carboxylic acids is 4. The average molecular weight is 555 g/mol. The molecule has 0 bridgehead atoms. The van der Waals surface area contributed by atoms with Gasteiger partial charge in [0.2, 0.25) is 0 Å². The van der Waals surface area contributed by atoms with Crippen LogP contribution in [0.25, 0.3) is 16.7 Å². The van der Waals surface area contributed by atoms with Crippen molar-refractivity contribution in [1.29, 1.82) is 0 Å². The molecular weight excluding hydrogens is 516 g/mol. The molecule has 41 heavy (non-hydrogen) atoms. The van der Waals surface area contributed by atoms with Gasteiger partial charge < -0.3 is 10.2 Å². The van der Waals surface area contributed by atoms with E-state index in [0.29, 0.717) is 11.1 Å². The lowest BCUT2D eigenvalue weighted by Crippen LogP contribution is -2.73. The van der Waals surface area contributed by atoms with Gasteiger partial charge >= 0.3 is 0 Å². The minimum atomic E-state index is -2.54. The first kappa shape index (κ1) is 28.9. The first-order chi connectivity index (χ1) is 19.0. The van der Waals surface area contributed by atoms with Gasteiger partial charge in [-0.2, -0.15) is 0 Å². The maximum absolute atomic E-state index is 14.5. The molecule has 0 radical (unpaired) electrons. The third-order valence-corrected chi connectivity index (χ3v) is 10.00. The maximum atomic E-state index is 14.5. The molecule has 5 rings (SSSR count). The van der Waals surface area contributed by atoms with E-state index in [-0.39, 0.29) is 30.1 Å². The number of rotatable bonds is 4. The highest BCUT2D eigenvalue weighted by molar-refractivity contribution is 6.27. The van der Waals surface area contributed by atoms with Crippen LogP contribution in [0.2, 0.25) is 0 Å². The molecule has 0 spiro atoms. The molecular formula is C35H38O6. The molecule has 3 aliphatic rings. The molecule has 0 saturated heterocycles. The zero-order chi connectivity index (χ0) is 30.4. The van der Waals surface area contributed by atoms with Crippen LogP contribution in [0.1, 0.15) is 76.4 Å². The highest BCUT2D eigenvalue weighted by Gasteiger charge is 2.73. The van der Waals surface area contributed by atoms with Gasteiger partial charge in [-0.3, -0.25) is 19.2 Å². The smallest absolute Gasteiger partial charge is 0.192 e. The summed E-state index contributed by atoms with van der Waals surface area (Å²) < 4.78 is 0. The Labute approximate surface area is 241 Å². The molecule has 2 N–H and O–H groups in total. The van der Waals surface area contributed by atoms with Crippen LogP contribution in [-0.2, 0) is 20.8 Å². The second-order valence-corrected chi connectivity index (χ2v) is 13.2. The standard InChI is InChI=1S/C35H38O6/c1-17(2)21-9-11-22(12-10-21)23-13-14-25(37)27-24(23)15-33(7)16-34(8)28(18(3)4)19(5)26(20(6)36)31(39)35(34,41)32(40)29(33)30(27)38/h9-14,18,26,29,37,41H,1,15-16H2,2-8H3/t26?,29?,33-,34-,35+/m0/s1. The fourth-order valence-electron chi connectivity index (χ4n) is 8.54. The Balaban J connectivity index is 1.74. The SMILES string of the molecule is C=C(C)c1ccc(-c2ccc(O)c3c2C[C@@]2(C)C[C@@]4(C)C(C(C)C)=C(C)C(C(C)=O)C(=O)[C@@]4(O)C(=O)C2C3=O)cc1. The van der Waals surface area contributed by atoms with Crippen molar-refractivity contribution in [3.05, 3.63) is 70.8 Å². The molecule has 1 fully saturated rings. The Morgan fingerprint density at radius 1 is 1.00 bits per heavy atom. The Morgan fingerprint density at radius 3 is 2.15 bits per heavy atom. The molecule has 2 unspecified atom stereocenters. The molecule has 214 valence electrons. The second-order valence-electron chi connectivity index (χ2n) is 13.2. The summed E-state index contributed by atoms with van der Waals surface area (Å²) in [5, 5.41) is 23.1. The summed E-state index contributed by atoms with van der Waals surface area (Å²) in [4.78, 5) is 55.3. The maximum Gasteiger partial charge on any atom is 0.192 e. The van der Waals surface area contributed by atoms with E-state index in [2.05, 4.69) is 6.58 Å². The summed E-state index contributed by atoms with van der Waals surface area (Å²) in [6.45, 7) is 16.4. The number of aliphatic hydroxyl groups is 1. The molecule has 2 aromatic rings. The van der Waals surface area contributed by atoms with Crippen LogP contribution in [0.15, 0.2) is 54.1 Å². The highest BCUT2D eigenvalue weighted by Crippen LogP contribution is 2.64. The molecule has 1 saturated carbocycles. The van der Waals surface area contributed by atoms with Crippen molar-refractivity contribution in [3.63, 3.8) is 0 Å². The number of hydrogen-bond donors (Lipinski definition) is 2. The summed E-state index contributed by atoms with van der Waals surface area (Å²) >= 11 is 0. The van der Waals surface area contributed by atoms with Gasteiger partial charge in [0.25, 0.3) is 0 Å². The number of aromatic hydroxyl groups is 1. The first-order valence-electron chi connectivity index (χ1n) is 14.2. The van der Waals surface area contributed by atoms with Crippen LogP contribution in [-0.4, -0.2) is 38.9 Å². The normalized spacial score (nSPS) is 31.1. The van der Waals surface area contributed by atoms with Gasteiger partial charge in [-0.05, 0) is 73.3 Å². The molecule has 0 aromatic heterocycles. The van der Waals surface area contributed by atoms with E-state index in [0.717, 1.165) is 27.8 Å². The lowest BCUT2D eigenvalue weighted by atomic mass is 9.41. The number of ketones is 4. The van der Waals surface area contributed by atoms with Crippen molar-refractivity contribution >= 4 is 28.7 Å². The third kappa shape index (κ3) is 3.72. The van der Waals surface area contributed by atoms with Crippen molar-refractivity contribution in [1.82, 2.24) is 0 Å². The van der Waals surface area contributed by atoms with E-state index >= 15 is 0 Å². The fraction of sp³-hybridized carbons (Fsp3) is 0.429. The number of fused-ring (bicyclic) bond motifs is 3. The molecule has 3 aliphatic carbocycles. The molecule has 6 nitrogen and oxygen atoms in total. The predicted octanol–water partition coefficient (Wildman–Crippen LogP) is 5.92. The van der Waals surface area contributed by atoms with E-state index in [1.54, 1.807) is 19.9 Å². The van der Waals surface area contributed by atoms with Crippen LogP contribution >= 0.6 is 0 Å². The molecule has 6 heteroatoms. The first-order valence-corrected chi connectivity index (χ1v) is 14.2. The molecule has 5 atom stereocenters. The summed E-state index contributed by atoms with van der Waals surface area (Å²) in [6.07, 6.45) is 0.472. The van der Waals surface area contributed by atoms with Gasteiger partial charge in [0, 0.05) is 5.41 Å². The minimum absolute atomic E-state index is 0.0525. The monoisotopic (exact) mass is 554 g/mol. The van der Waals surface area contributed by atoms with E-state index in [4.69, 9.17) is 0 Å². The summed E-state index contributed by atoms with van der Waals surface area (Å²) in [5.74, 6) is -5.75. The number of carbonyl (C=O) groups is 4. The van der Waals surface area contributed by atoms with E-state index in [1.165, 1.54) is 13.0 Å². The van der Waals surface area contributed by atoms with Crippen LogP contribution in [0.4, 0.5) is 0 Å². The second kappa shape index (κ2) is 9.18. The quantitative estimate of drug-likeness (QED) is 0.359. The average Bonchev–Trinajstić information content (AvgIpc) is 2.86. The number of hydrogen-bond acceptors (Lipinski definition) is 6. The number of Topliss-reactive ketones (excluding diaryl/α,β-unsaturated/α-hetero) is 4. The lowest BCUT2D eigenvalue weighted by Gasteiger charge is -2.60. The Morgan fingerprint density at radius 2 is 1.61 bits per heavy atom. The number of allylic oxidation sites excluding steroid dienone is 2. The van der Waals surface area contributed by atoms with Crippen LogP contribution in [0.5, 0.6) is 5.75 Å². The van der Waals surface area contributed by atoms with Gasteiger partial charge in [0.05, 0.1) is 11.5 Å². The zero-order valence-electron chi connectivity index (χ0n) is 24.8. The van der Waals surface area contributed by atoms with Gasteiger partial charge in [0.15, 0.2) is 23.0 Å². The Kier molecular flexibility index (Phi) is 6.47. The van der Waals surface area contributed by atoms with E-state index in [1.807, 2.05) is 52.0 Å². The van der Waals surface area contributed by atoms with Crippen LogP contribution in [0.3, 0.4) is 0 Å². The molecule has 0 aliphatic heterocycles. The van der Waals surface area contributed by atoms with Crippen molar-refractivity contribution in [2.24, 2.45) is 28.6 Å². The third-order valence-electron chi connectivity index (χ3n) is 10.00. The van der Waals surface area contributed by atoms with Crippen molar-refractivity contribution in [3.8, 4) is 16.9 Å². The number of benzene rings is 2. The van der Waals surface area contributed by atoms with Crippen LogP contribution < -0.4 is 0 Å². The number of phenols is 1. The van der Waals surface area contributed by atoms with Gasteiger partial charge in [-0.15, -0.1) is 0 Å². The summed E-state index contributed by atoms with van der Waals surface area (Å²) in [6, 6.07) is 11.1. The summed E-state index contributed by atoms with van der Waals surface area (Å²) in [7, 11) is 0. The van der Waals surface area contributed by atoms with Crippen molar-refractivity contribution < 1.29 is 29.4 Å². The largest absolute Gasteiger partial charge is 0.507 e. The predicted molar refractivity (Wildman–Crippen MR) is 157 cm³/mol. The Hall–Kier alpha value is -3.64. The molecule has 0 heterocycles. The Bertz CT molecular complexity index is 1590. The van der Waals surface area contributed by atoms with Gasteiger partial charge in [0.1, 0.15) is 17.5 Å². The van der Waals surface area contributed by atoms with Gasteiger partial charge in [-0.1, -0.05) is 81.3 Å². The molecule has 2 aromatic carbocycles. The van der Waals surface area contributed by atoms with Crippen LogP contribution in [0, 0.1) is 28.6 Å². The summed E-state index contributed by atoms with van der Waals surface area (Å²) in [5.41, 5.74) is 0.762. The highest BCUT2D eigenvalue weighted by atomic mass is 16.3. The zero-order valence-corrected chi connectivity index (χ0v) is 24.8.